The van der Waals surface area contributed by atoms with E-state index in [4.69, 9.17) is 0 Å². The van der Waals surface area contributed by atoms with Gasteiger partial charge in [-0.3, -0.25) is 33.8 Å². The van der Waals surface area contributed by atoms with Crippen LogP contribution < -0.4 is 67.7 Å². The third kappa shape index (κ3) is 1270. The van der Waals surface area contributed by atoms with E-state index in [-0.39, 0.29) is 45.9 Å². The van der Waals surface area contributed by atoms with E-state index in [0.717, 1.165) is 0 Å². The highest BCUT2D eigenvalue weighted by Gasteiger charge is 1.64. The summed E-state index contributed by atoms with van der Waals surface area (Å²) in [7, 11) is 0. The minimum Gasteiger partial charge on any atom is -1.00 e. The fourth-order valence-corrected chi connectivity index (χ4v) is 0. The summed E-state index contributed by atoms with van der Waals surface area (Å²) in [4.78, 5) is 0. The second-order valence-corrected chi connectivity index (χ2v) is 1.00. The van der Waals surface area contributed by atoms with Crippen molar-refractivity contribution >= 4 is 11.9 Å². The molecule has 0 fully saturated rings. The molecule has 64 valence electrons. The van der Waals surface area contributed by atoms with Gasteiger partial charge < -0.3 is 34.0 Å². The van der Waals surface area contributed by atoms with E-state index in [2.05, 4.69) is 33.8 Å². The van der Waals surface area contributed by atoms with E-state index < -0.39 is 0 Å². The Hall–Kier alpha value is -0.500. The molecule has 6 nitrogen and oxygen atoms in total. The molecule has 0 atom stereocenters. The van der Waals surface area contributed by atoms with Crippen molar-refractivity contribution in [3.8, 4) is 0 Å². The third-order valence-corrected chi connectivity index (χ3v) is 0. The Bertz CT molecular complexity index is 71.7. The summed E-state index contributed by atoms with van der Waals surface area (Å²) in [6.07, 6.45) is 0. The van der Waals surface area contributed by atoms with Gasteiger partial charge >= 0.3 is 11.9 Å². The summed E-state index contributed by atoms with van der Waals surface area (Å²) in [5.41, 5.74) is 18.3. The molecule has 0 rings (SSSR count). The number of hydrogen-bond donors (Lipinski definition) is 6. The summed E-state index contributed by atoms with van der Waals surface area (Å²) >= 11 is 0. The summed E-state index contributed by atoms with van der Waals surface area (Å²) < 4.78 is 0. The van der Waals surface area contributed by atoms with E-state index >= 15 is 0 Å². The van der Waals surface area contributed by atoms with E-state index in [1.165, 1.54) is 0 Å². The van der Waals surface area contributed by atoms with Crippen LogP contribution in [0.15, 0.2) is 0 Å². The second kappa shape index (κ2) is 15.8. The molecule has 0 saturated carbocycles. The topological polar surface area (TPSA) is 155 Å². The molecule has 8 heteroatoms. The van der Waals surface area contributed by atoms with Crippen LogP contribution in [0.2, 0.25) is 0 Å². The summed E-state index contributed by atoms with van der Waals surface area (Å²) in [6.45, 7) is 0. The molecular formula is C2H12Br2N6. The number of nitrogens with two attached hydrogens (primary N) is 6. The second-order valence-electron chi connectivity index (χ2n) is 1.00. The van der Waals surface area contributed by atoms with Crippen molar-refractivity contribution < 1.29 is 44.8 Å². The van der Waals surface area contributed by atoms with Crippen molar-refractivity contribution in [3.05, 3.63) is 0 Å². The Labute approximate surface area is 79.9 Å². The minimum absolute atomic E-state index is 0. The highest BCUT2D eigenvalue weighted by atomic mass is 79.9. The zero-order valence-corrected chi connectivity index (χ0v) is 8.39. The molecule has 0 spiro atoms. The molecule has 10 heavy (non-hydrogen) atoms. The van der Waals surface area contributed by atoms with E-state index in [9.17, 15) is 0 Å². The van der Waals surface area contributed by atoms with Gasteiger partial charge in [-0.25, -0.2) is 0 Å². The Kier molecular flexibility index (Phi) is 35.9. The van der Waals surface area contributed by atoms with Crippen molar-refractivity contribution in [2.45, 2.75) is 0 Å². The lowest BCUT2D eigenvalue weighted by atomic mass is 11.1. The Morgan fingerprint density at radius 3 is 0.700 bits per heavy atom. The van der Waals surface area contributed by atoms with Gasteiger partial charge in [0.2, 0.25) is 0 Å². The van der Waals surface area contributed by atoms with Crippen LogP contribution in [-0.4, -0.2) is 11.9 Å². The van der Waals surface area contributed by atoms with Gasteiger partial charge in [-0.15, -0.1) is 0 Å². The molecule has 0 aliphatic heterocycles. The predicted octanol–water partition coefficient (Wildman–Crippen LogP) is -12.0. The van der Waals surface area contributed by atoms with E-state index in [0.29, 0.717) is 0 Å². The lowest BCUT2D eigenvalue weighted by Gasteiger charge is -1.59. The third-order valence-electron chi connectivity index (χ3n) is 0. The molecule has 0 aromatic carbocycles. The average Bonchev–Trinajstić information content (AvgIpc) is 1.25. The van der Waals surface area contributed by atoms with Crippen molar-refractivity contribution in [1.29, 1.82) is 0 Å². The zero-order valence-electron chi connectivity index (χ0n) is 5.22. The van der Waals surface area contributed by atoms with Crippen LogP contribution in [-0.2, 0) is 0 Å². The smallest absolute Gasteiger partial charge is 0.336 e. The monoisotopic (exact) mass is 278 g/mol. The molecule has 0 saturated heterocycles. The standard InChI is InChI=1S/2CH5N3.2BrH/c2*2-1(3)4;;/h2*(H5,2,3,4);2*1H. The van der Waals surface area contributed by atoms with Crippen LogP contribution in [0.5, 0.6) is 0 Å². The Morgan fingerprint density at radius 1 is 0.700 bits per heavy atom. The van der Waals surface area contributed by atoms with Crippen molar-refractivity contribution in [2.24, 2.45) is 22.9 Å². The molecule has 0 bridgehead atoms. The van der Waals surface area contributed by atoms with Crippen molar-refractivity contribution in [3.63, 3.8) is 0 Å². The van der Waals surface area contributed by atoms with Gasteiger partial charge in [-0.2, -0.15) is 0 Å². The van der Waals surface area contributed by atoms with E-state index in [1.807, 2.05) is 0 Å². The van der Waals surface area contributed by atoms with Gasteiger partial charge in [-0.05, 0) is 0 Å². The molecular weight excluding hydrogens is 268 g/mol. The number of guanidine groups is 2. The van der Waals surface area contributed by atoms with Gasteiger partial charge in [0, 0.05) is 0 Å². The van der Waals surface area contributed by atoms with Gasteiger partial charge in [0.1, 0.15) is 0 Å². The van der Waals surface area contributed by atoms with Crippen LogP contribution in [0.3, 0.4) is 0 Å². The largest absolute Gasteiger partial charge is 1.00 e. The average molecular weight is 280 g/mol. The van der Waals surface area contributed by atoms with Gasteiger partial charge in [0.25, 0.3) is 0 Å². The number of rotatable bonds is 0. The van der Waals surface area contributed by atoms with Crippen LogP contribution in [0.25, 0.3) is 0 Å². The van der Waals surface area contributed by atoms with Gasteiger partial charge in [0.15, 0.2) is 0 Å². The van der Waals surface area contributed by atoms with Crippen LogP contribution in [0, 0.1) is 0 Å². The summed E-state index contributed by atoms with van der Waals surface area (Å²) in [5, 5.41) is 9.17. The number of halogens is 2. The first-order valence-electron chi connectivity index (χ1n) is 1.73. The molecule has 0 radical (unpaired) electrons. The van der Waals surface area contributed by atoms with Crippen LogP contribution in [0.4, 0.5) is 0 Å². The SMILES string of the molecule is NC(N)=[NH2+].NC(N)=[NH2+].[Br-].[Br-]. The lowest BCUT2D eigenvalue weighted by molar-refractivity contribution is -0.117. The van der Waals surface area contributed by atoms with Crippen LogP contribution >= 0.6 is 0 Å². The predicted molar refractivity (Wildman–Crippen MR) is 30.6 cm³/mol. The molecule has 0 heterocycles. The minimum atomic E-state index is -0.0833. The van der Waals surface area contributed by atoms with Crippen molar-refractivity contribution in [1.82, 2.24) is 0 Å². The maximum Gasteiger partial charge on any atom is 0.336 e. The zero-order chi connectivity index (χ0) is 7.15. The molecule has 0 unspecified atom stereocenters. The molecule has 0 aromatic rings. The Morgan fingerprint density at radius 2 is 0.700 bits per heavy atom. The van der Waals surface area contributed by atoms with Crippen LogP contribution in [0.1, 0.15) is 0 Å². The number of hydrogen-bond acceptors (Lipinski definition) is 0. The highest BCUT2D eigenvalue weighted by Crippen LogP contribution is 0.929. The maximum absolute atomic E-state index is 4.58. The highest BCUT2D eigenvalue weighted by molar-refractivity contribution is 5.68. The molecule has 12 N–H and O–H groups in total. The van der Waals surface area contributed by atoms with Gasteiger partial charge in [-0.1, -0.05) is 0 Å². The molecule has 0 aliphatic rings. The van der Waals surface area contributed by atoms with Crippen molar-refractivity contribution in [2.75, 3.05) is 0 Å². The van der Waals surface area contributed by atoms with Gasteiger partial charge in [0.05, 0.1) is 0 Å². The normalized spacial score (nSPS) is 4.80. The Balaban J connectivity index is -0.0000000300. The quantitative estimate of drug-likeness (QED) is 0.192. The fraction of sp³-hybridized carbons (Fsp3) is 0. The molecule has 0 aromatic heterocycles. The molecule has 0 amide bonds. The lowest BCUT2D eigenvalue weighted by Crippen LogP contribution is -3.00. The molecule has 0 aliphatic carbocycles. The first kappa shape index (κ1) is 22.7. The fourth-order valence-electron chi connectivity index (χ4n) is 0. The summed E-state index contributed by atoms with van der Waals surface area (Å²) in [6, 6.07) is 0. The maximum atomic E-state index is 4.58. The summed E-state index contributed by atoms with van der Waals surface area (Å²) in [5.74, 6) is -0.167. The first-order chi connectivity index (χ1) is 3.46. The van der Waals surface area contributed by atoms with E-state index in [1.54, 1.807) is 0 Å². The first-order valence-corrected chi connectivity index (χ1v) is 1.73.